The van der Waals surface area contributed by atoms with Gasteiger partial charge in [-0.15, -0.1) is 0 Å². The highest BCUT2D eigenvalue weighted by Crippen LogP contribution is 2.52. The van der Waals surface area contributed by atoms with Crippen molar-refractivity contribution in [3.63, 3.8) is 0 Å². The zero-order valence-electron chi connectivity index (χ0n) is 12.6. The molecule has 2 heterocycles. The van der Waals surface area contributed by atoms with Crippen LogP contribution < -0.4 is 4.74 Å². The summed E-state index contributed by atoms with van der Waals surface area (Å²) < 4.78 is 32.4. The van der Waals surface area contributed by atoms with Gasteiger partial charge < -0.3 is 9.84 Å². The van der Waals surface area contributed by atoms with Crippen LogP contribution >= 0.6 is 0 Å². The van der Waals surface area contributed by atoms with Crippen LogP contribution in [0.1, 0.15) is 37.0 Å². The highest BCUT2D eigenvalue weighted by Gasteiger charge is 2.57. The number of aromatic carboxylic acids is 1. The minimum absolute atomic E-state index is 0.0159. The van der Waals surface area contributed by atoms with Crippen molar-refractivity contribution < 1.29 is 23.1 Å². The highest BCUT2D eigenvalue weighted by atomic mass is 32.2. The van der Waals surface area contributed by atoms with Gasteiger partial charge in [0.15, 0.2) is 0 Å². The largest absolute Gasteiger partial charge is 0.493 e. The van der Waals surface area contributed by atoms with Gasteiger partial charge in [-0.05, 0) is 50.8 Å². The topological polar surface area (TPSA) is 83.9 Å². The Kier molecular flexibility index (Phi) is 3.45. The molecule has 4 rings (SSSR count). The molecule has 0 unspecified atom stereocenters. The van der Waals surface area contributed by atoms with Gasteiger partial charge >= 0.3 is 5.97 Å². The van der Waals surface area contributed by atoms with Crippen LogP contribution in [0.3, 0.4) is 0 Å². The molecule has 0 amide bonds. The minimum atomic E-state index is -3.68. The number of fused-ring (bicyclic) bond motifs is 1. The summed E-state index contributed by atoms with van der Waals surface area (Å²) in [5.41, 5.74) is -0.439. The Morgan fingerprint density at radius 2 is 2.14 bits per heavy atom. The summed E-state index contributed by atoms with van der Waals surface area (Å²) in [6.45, 7) is 4.53. The maximum atomic E-state index is 12.8. The molecular formula is C15H19NO5S. The van der Waals surface area contributed by atoms with Crippen LogP contribution in [-0.4, -0.2) is 42.5 Å². The van der Waals surface area contributed by atoms with Gasteiger partial charge in [-0.25, -0.2) is 13.2 Å². The van der Waals surface area contributed by atoms with E-state index in [0.717, 1.165) is 12.8 Å². The normalized spacial score (nSPS) is 27.5. The molecule has 2 bridgehead atoms. The fourth-order valence-corrected chi connectivity index (χ4v) is 5.50. The molecule has 1 saturated carbocycles. The predicted molar refractivity (Wildman–Crippen MR) is 79.6 cm³/mol. The maximum Gasteiger partial charge on any atom is 0.339 e. The molecule has 3 fully saturated rings. The first-order valence-corrected chi connectivity index (χ1v) is 8.75. The molecule has 6 nitrogen and oxygen atoms in total. The third-order valence-corrected chi connectivity index (χ3v) is 6.57. The van der Waals surface area contributed by atoms with E-state index in [2.05, 4.69) is 0 Å². The third-order valence-electron chi connectivity index (χ3n) is 4.55. The number of sulfonamides is 1. The second kappa shape index (κ2) is 4.96. The number of rotatable bonds is 5. The van der Waals surface area contributed by atoms with Gasteiger partial charge in [0, 0.05) is 12.1 Å². The van der Waals surface area contributed by atoms with Crippen molar-refractivity contribution in [2.24, 2.45) is 5.92 Å². The monoisotopic (exact) mass is 325 g/mol. The predicted octanol–water partition coefficient (Wildman–Crippen LogP) is 1.96. The molecule has 2 saturated heterocycles. The van der Waals surface area contributed by atoms with Crippen LogP contribution in [-0.2, 0) is 10.0 Å². The van der Waals surface area contributed by atoms with Crippen LogP contribution in [0.4, 0.5) is 0 Å². The van der Waals surface area contributed by atoms with E-state index in [4.69, 9.17) is 4.74 Å². The zero-order valence-corrected chi connectivity index (χ0v) is 13.4. The number of hydrogen-bond donors (Lipinski definition) is 1. The SMILES string of the molecule is CCOc1ccc(S(=O)(=O)N2CC3CC2(C)C3)cc1C(=O)O. The zero-order chi connectivity index (χ0) is 16.1. The van der Waals surface area contributed by atoms with Crippen LogP contribution in [0.2, 0.25) is 0 Å². The molecule has 0 atom stereocenters. The van der Waals surface area contributed by atoms with Gasteiger partial charge in [0.2, 0.25) is 10.0 Å². The Hall–Kier alpha value is -1.60. The van der Waals surface area contributed by atoms with Crippen molar-refractivity contribution in [3.8, 4) is 5.75 Å². The lowest BCUT2D eigenvalue weighted by Crippen LogP contribution is -2.45. The molecule has 0 spiro atoms. The summed E-state index contributed by atoms with van der Waals surface area (Å²) in [7, 11) is -3.68. The first-order chi connectivity index (χ1) is 10.3. The highest BCUT2D eigenvalue weighted by molar-refractivity contribution is 7.89. The van der Waals surface area contributed by atoms with E-state index >= 15 is 0 Å². The maximum absolute atomic E-state index is 12.8. The number of carbonyl (C=O) groups is 1. The van der Waals surface area contributed by atoms with Crippen LogP contribution in [0.5, 0.6) is 5.75 Å². The molecule has 1 aromatic rings. The fourth-order valence-electron chi connectivity index (χ4n) is 3.61. The van der Waals surface area contributed by atoms with Crippen LogP contribution in [0, 0.1) is 5.92 Å². The average Bonchev–Trinajstić information content (AvgIpc) is 2.93. The summed E-state index contributed by atoms with van der Waals surface area (Å²) in [4.78, 5) is 11.4. The first-order valence-electron chi connectivity index (χ1n) is 7.31. The van der Waals surface area contributed by atoms with E-state index in [9.17, 15) is 18.3 Å². The van der Waals surface area contributed by atoms with Crippen LogP contribution in [0.25, 0.3) is 0 Å². The minimum Gasteiger partial charge on any atom is -0.493 e. The van der Waals surface area contributed by atoms with E-state index in [0.29, 0.717) is 19.1 Å². The molecule has 7 heteroatoms. The number of benzene rings is 1. The lowest BCUT2D eigenvalue weighted by Gasteiger charge is -2.38. The third kappa shape index (κ3) is 2.19. The van der Waals surface area contributed by atoms with E-state index < -0.39 is 16.0 Å². The van der Waals surface area contributed by atoms with Gasteiger partial charge in [-0.2, -0.15) is 4.31 Å². The summed E-state index contributed by atoms with van der Waals surface area (Å²) in [6.07, 6.45) is 1.77. The summed E-state index contributed by atoms with van der Waals surface area (Å²) in [5, 5.41) is 9.27. The lowest BCUT2D eigenvalue weighted by molar-refractivity contribution is 0.0692. The van der Waals surface area contributed by atoms with Crippen molar-refractivity contribution in [3.05, 3.63) is 23.8 Å². The van der Waals surface area contributed by atoms with Gasteiger partial charge in [0.1, 0.15) is 11.3 Å². The Bertz CT molecular complexity index is 721. The van der Waals surface area contributed by atoms with Crippen molar-refractivity contribution >= 4 is 16.0 Å². The molecule has 0 aromatic heterocycles. The number of carboxylic acid groups (broad SMARTS) is 1. The second-order valence-electron chi connectivity index (χ2n) is 6.20. The molecular weight excluding hydrogens is 306 g/mol. The molecule has 120 valence electrons. The molecule has 3 aliphatic rings. The number of nitrogens with zero attached hydrogens (tertiary/aromatic N) is 1. The van der Waals surface area contributed by atoms with Crippen molar-refractivity contribution in [2.75, 3.05) is 13.2 Å². The molecule has 1 aliphatic carbocycles. The Morgan fingerprint density at radius 3 is 2.64 bits per heavy atom. The summed E-state index contributed by atoms with van der Waals surface area (Å²) in [5.74, 6) is -0.579. The lowest BCUT2D eigenvalue weighted by atomic mass is 9.75. The van der Waals surface area contributed by atoms with Gasteiger partial charge in [0.25, 0.3) is 0 Å². The number of hydrogen-bond acceptors (Lipinski definition) is 4. The average molecular weight is 325 g/mol. The van der Waals surface area contributed by atoms with Crippen molar-refractivity contribution in [1.82, 2.24) is 4.31 Å². The standard InChI is InChI=1S/C15H19NO5S/c1-3-21-13-5-4-11(6-12(13)14(17)18)22(19,20)16-9-10-7-15(16,2)8-10/h4-6,10H,3,7-9H2,1-2H3,(H,17,18). The van der Waals surface area contributed by atoms with Crippen LogP contribution in [0.15, 0.2) is 23.1 Å². The summed E-state index contributed by atoms with van der Waals surface area (Å²) >= 11 is 0. The quantitative estimate of drug-likeness (QED) is 0.894. The van der Waals surface area contributed by atoms with E-state index in [1.54, 1.807) is 6.92 Å². The molecule has 1 N–H and O–H groups in total. The number of ether oxygens (including phenoxy) is 1. The smallest absolute Gasteiger partial charge is 0.339 e. The first kappa shape index (κ1) is 15.3. The Labute approximate surface area is 129 Å². The van der Waals surface area contributed by atoms with Gasteiger partial charge in [-0.1, -0.05) is 0 Å². The molecule has 0 radical (unpaired) electrons. The van der Waals surface area contributed by atoms with Gasteiger partial charge in [0.05, 0.1) is 11.5 Å². The summed E-state index contributed by atoms with van der Waals surface area (Å²) in [6, 6.07) is 4.04. The van der Waals surface area contributed by atoms with E-state index in [1.807, 2.05) is 6.92 Å². The van der Waals surface area contributed by atoms with Crippen molar-refractivity contribution in [1.29, 1.82) is 0 Å². The van der Waals surface area contributed by atoms with E-state index in [-0.39, 0.29) is 21.7 Å². The molecule has 22 heavy (non-hydrogen) atoms. The molecule has 2 aliphatic heterocycles. The second-order valence-corrected chi connectivity index (χ2v) is 8.07. The fraction of sp³-hybridized carbons (Fsp3) is 0.533. The Morgan fingerprint density at radius 1 is 1.45 bits per heavy atom. The Balaban J connectivity index is 2.01. The van der Waals surface area contributed by atoms with Gasteiger partial charge in [-0.3, -0.25) is 0 Å². The molecule has 1 aromatic carbocycles. The van der Waals surface area contributed by atoms with Crippen molar-refractivity contribution in [2.45, 2.75) is 37.1 Å². The van der Waals surface area contributed by atoms with E-state index in [1.165, 1.54) is 22.5 Å². The number of carboxylic acids is 1.